The molecule has 0 aliphatic carbocycles. The number of hydrogen-bond donors (Lipinski definition) is 2. The smallest absolute Gasteiger partial charge is 0.190 e. The van der Waals surface area contributed by atoms with Crippen LogP contribution < -0.4 is 10.6 Å². The number of rotatable bonds is 4. The van der Waals surface area contributed by atoms with Crippen LogP contribution in [0.15, 0.2) is 17.5 Å². The van der Waals surface area contributed by atoms with Crippen LogP contribution >= 0.6 is 0 Å². The maximum Gasteiger partial charge on any atom is 0.190 e. The SMILES string of the molecule is CCOC1CCN(c2cnc(C(N)=NO)cn2)CC1. The zero-order valence-corrected chi connectivity index (χ0v) is 11.0. The quantitative estimate of drug-likeness (QED) is 0.358. The summed E-state index contributed by atoms with van der Waals surface area (Å²) in [6.45, 7) is 4.59. The number of hydrogen-bond acceptors (Lipinski definition) is 6. The molecule has 19 heavy (non-hydrogen) atoms. The summed E-state index contributed by atoms with van der Waals surface area (Å²) in [6, 6.07) is 0. The Kier molecular flexibility index (Phi) is 4.51. The Morgan fingerprint density at radius 3 is 2.74 bits per heavy atom. The van der Waals surface area contributed by atoms with Crippen molar-refractivity contribution >= 4 is 11.7 Å². The fourth-order valence-electron chi connectivity index (χ4n) is 2.16. The van der Waals surface area contributed by atoms with Crippen molar-refractivity contribution in [1.82, 2.24) is 9.97 Å². The van der Waals surface area contributed by atoms with Gasteiger partial charge in [-0.3, -0.25) is 0 Å². The molecule has 104 valence electrons. The molecule has 0 radical (unpaired) electrons. The fraction of sp³-hybridized carbons (Fsp3) is 0.583. The predicted octanol–water partition coefficient (Wildman–Crippen LogP) is 0.576. The first-order chi connectivity index (χ1) is 9.24. The van der Waals surface area contributed by atoms with Gasteiger partial charge in [0.05, 0.1) is 18.5 Å². The van der Waals surface area contributed by atoms with Gasteiger partial charge in [-0.05, 0) is 19.8 Å². The van der Waals surface area contributed by atoms with Crippen LogP contribution in [-0.2, 0) is 4.74 Å². The van der Waals surface area contributed by atoms with Gasteiger partial charge in [0.25, 0.3) is 0 Å². The molecule has 0 saturated carbocycles. The van der Waals surface area contributed by atoms with E-state index in [0.29, 0.717) is 11.8 Å². The number of nitrogens with zero attached hydrogens (tertiary/aromatic N) is 4. The second-order valence-electron chi connectivity index (χ2n) is 4.39. The van der Waals surface area contributed by atoms with Crippen LogP contribution in [0.5, 0.6) is 0 Å². The molecular weight excluding hydrogens is 246 g/mol. The Bertz CT molecular complexity index is 426. The molecule has 1 aliphatic rings. The van der Waals surface area contributed by atoms with E-state index in [-0.39, 0.29) is 5.84 Å². The molecule has 7 nitrogen and oxygen atoms in total. The lowest BCUT2D eigenvalue weighted by atomic mass is 10.1. The van der Waals surface area contributed by atoms with Crippen molar-refractivity contribution in [1.29, 1.82) is 0 Å². The average Bonchev–Trinajstić information content (AvgIpc) is 2.48. The van der Waals surface area contributed by atoms with Crippen LogP contribution in [0.2, 0.25) is 0 Å². The largest absolute Gasteiger partial charge is 0.409 e. The third-order valence-corrected chi connectivity index (χ3v) is 3.18. The highest BCUT2D eigenvalue weighted by atomic mass is 16.5. The Morgan fingerprint density at radius 2 is 2.21 bits per heavy atom. The highest BCUT2D eigenvalue weighted by Crippen LogP contribution is 2.18. The number of amidine groups is 1. The van der Waals surface area contributed by atoms with Gasteiger partial charge in [-0.1, -0.05) is 5.16 Å². The monoisotopic (exact) mass is 265 g/mol. The second kappa shape index (κ2) is 6.33. The van der Waals surface area contributed by atoms with Gasteiger partial charge < -0.3 is 20.6 Å². The first-order valence-corrected chi connectivity index (χ1v) is 6.41. The zero-order valence-electron chi connectivity index (χ0n) is 11.0. The lowest BCUT2D eigenvalue weighted by molar-refractivity contribution is 0.0458. The minimum Gasteiger partial charge on any atom is -0.409 e. The maximum absolute atomic E-state index is 8.56. The van der Waals surface area contributed by atoms with Crippen LogP contribution in [0.1, 0.15) is 25.5 Å². The summed E-state index contributed by atoms with van der Waals surface area (Å²) in [7, 11) is 0. The van der Waals surface area contributed by atoms with Crippen LogP contribution in [-0.4, -0.2) is 46.8 Å². The molecule has 1 fully saturated rings. The van der Waals surface area contributed by atoms with Crippen molar-refractivity contribution in [2.24, 2.45) is 10.9 Å². The van der Waals surface area contributed by atoms with E-state index in [4.69, 9.17) is 15.7 Å². The van der Waals surface area contributed by atoms with E-state index in [1.165, 1.54) is 6.20 Å². The van der Waals surface area contributed by atoms with Crippen molar-refractivity contribution in [3.8, 4) is 0 Å². The maximum atomic E-state index is 8.56. The molecule has 1 aromatic rings. The highest BCUT2D eigenvalue weighted by Gasteiger charge is 2.20. The van der Waals surface area contributed by atoms with E-state index in [1.54, 1.807) is 6.20 Å². The molecular formula is C12H19N5O2. The molecule has 0 amide bonds. The van der Waals surface area contributed by atoms with Crippen molar-refractivity contribution in [2.75, 3.05) is 24.6 Å². The summed E-state index contributed by atoms with van der Waals surface area (Å²) in [5.74, 6) is 0.776. The molecule has 0 atom stereocenters. The number of aromatic nitrogens is 2. The van der Waals surface area contributed by atoms with E-state index in [0.717, 1.165) is 38.4 Å². The Hall–Kier alpha value is -1.89. The molecule has 3 N–H and O–H groups in total. The topological polar surface area (TPSA) is 96.9 Å². The lowest BCUT2D eigenvalue weighted by Crippen LogP contribution is -2.37. The van der Waals surface area contributed by atoms with Gasteiger partial charge >= 0.3 is 0 Å². The predicted molar refractivity (Wildman–Crippen MR) is 71.4 cm³/mol. The van der Waals surface area contributed by atoms with Crippen molar-refractivity contribution < 1.29 is 9.94 Å². The van der Waals surface area contributed by atoms with E-state index in [9.17, 15) is 0 Å². The Balaban J connectivity index is 1.96. The average molecular weight is 265 g/mol. The van der Waals surface area contributed by atoms with E-state index in [1.807, 2.05) is 6.92 Å². The number of oxime groups is 1. The molecule has 0 spiro atoms. The lowest BCUT2D eigenvalue weighted by Gasteiger charge is -2.32. The van der Waals surface area contributed by atoms with Crippen molar-refractivity contribution in [3.05, 3.63) is 18.1 Å². The molecule has 0 aromatic carbocycles. The third kappa shape index (κ3) is 3.31. The summed E-state index contributed by atoms with van der Waals surface area (Å²) < 4.78 is 5.61. The first kappa shape index (κ1) is 13.5. The van der Waals surface area contributed by atoms with Gasteiger partial charge in [-0.25, -0.2) is 9.97 Å². The summed E-state index contributed by atoms with van der Waals surface area (Å²) >= 11 is 0. The van der Waals surface area contributed by atoms with Crippen molar-refractivity contribution in [3.63, 3.8) is 0 Å². The van der Waals surface area contributed by atoms with Gasteiger partial charge in [-0.2, -0.15) is 0 Å². The van der Waals surface area contributed by atoms with E-state index in [2.05, 4.69) is 20.0 Å². The Morgan fingerprint density at radius 1 is 1.47 bits per heavy atom. The molecule has 0 unspecified atom stereocenters. The summed E-state index contributed by atoms with van der Waals surface area (Å²) in [5.41, 5.74) is 5.81. The number of anilines is 1. The van der Waals surface area contributed by atoms with Gasteiger partial charge in [0.2, 0.25) is 0 Å². The summed E-state index contributed by atoms with van der Waals surface area (Å²) in [5, 5.41) is 11.4. The van der Waals surface area contributed by atoms with E-state index < -0.39 is 0 Å². The molecule has 2 heterocycles. The van der Waals surface area contributed by atoms with Crippen LogP contribution in [0.4, 0.5) is 5.82 Å². The summed E-state index contributed by atoms with van der Waals surface area (Å²) in [6.07, 6.45) is 5.51. The highest BCUT2D eigenvalue weighted by molar-refractivity contribution is 5.94. The minimum atomic E-state index is -0.0332. The number of piperidine rings is 1. The van der Waals surface area contributed by atoms with Gasteiger partial charge in [0, 0.05) is 19.7 Å². The van der Waals surface area contributed by atoms with Crippen LogP contribution in [0, 0.1) is 0 Å². The molecule has 1 aliphatic heterocycles. The minimum absolute atomic E-state index is 0.0332. The molecule has 2 rings (SSSR count). The number of ether oxygens (including phenoxy) is 1. The standard InChI is InChI=1S/C12H19N5O2/c1-2-19-9-3-5-17(6-4-9)11-8-14-10(7-15-11)12(13)16-18/h7-9,18H,2-6H2,1H3,(H2,13,16). The van der Waals surface area contributed by atoms with Gasteiger partial charge in [0.1, 0.15) is 11.5 Å². The molecule has 0 bridgehead atoms. The van der Waals surface area contributed by atoms with Gasteiger partial charge in [-0.15, -0.1) is 0 Å². The van der Waals surface area contributed by atoms with Crippen LogP contribution in [0.25, 0.3) is 0 Å². The number of nitrogens with two attached hydrogens (primary N) is 1. The fourth-order valence-corrected chi connectivity index (χ4v) is 2.16. The Labute approximate surface area is 112 Å². The second-order valence-corrected chi connectivity index (χ2v) is 4.39. The van der Waals surface area contributed by atoms with E-state index >= 15 is 0 Å². The van der Waals surface area contributed by atoms with Gasteiger partial charge in [0.15, 0.2) is 5.84 Å². The zero-order chi connectivity index (χ0) is 13.7. The molecule has 1 saturated heterocycles. The third-order valence-electron chi connectivity index (χ3n) is 3.18. The summed E-state index contributed by atoms with van der Waals surface area (Å²) in [4.78, 5) is 10.6. The first-order valence-electron chi connectivity index (χ1n) is 6.41. The van der Waals surface area contributed by atoms with Crippen molar-refractivity contribution in [2.45, 2.75) is 25.9 Å². The van der Waals surface area contributed by atoms with Crippen LogP contribution in [0.3, 0.4) is 0 Å². The normalized spacial score (nSPS) is 17.7. The molecule has 7 heteroatoms. The molecule has 1 aromatic heterocycles.